The molecule has 0 bridgehead atoms. The lowest BCUT2D eigenvalue weighted by molar-refractivity contribution is -0.137. The molecule has 1 aromatic carbocycles. The molecule has 0 radical (unpaired) electrons. The van der Waals surface area contributed by atoms with Crippen molar-refractivity contribution in [3.8, 4) is 0 Å². The summed E-state index contributed by atoms with van der Waals surface area (Å²) in [6, 6.07) is 6.78. The van der Waals surface area contributed by atoms with E-state index >= 15 is 0 Å². The number of nitrogens with zero attached hydrogens (tertiary/aromatic N) is 2. The molecule has 1 aromatic heterocycles. The van der Waals surface area contributed by atoms with Gasteiger partial charge in [0, 0.05) is 16.9 Å². The average molecular weight is 308 g/mol. The Morgan fingerprint density at radius 2 is 2.14 bits per heavy atom. The Bertz CT molecular complexity index is 682. The van der Waals surface area contributed by atoms with Crippen molar-refractivity contribution >= 4 is 29.2 Å². The van der Waals surface area contributed by atoms with Gasteiger partial charge in [-0.25, -0.2) is 0 Å². The monoisotopic (exact) mass is 307 g/mol. The van der Waals surface area contributed by atoms with Crippen LogP contribution in [0.4, 0.5) is 5.69 Å². The Balaban J connectivity index is 2.07. The van der Waals surface area contributed by atoms with Gasteiger partial charge in [-0.2, -0.15) is 5.10 Å². The first-order valence-electron chi connectivity index (χ1n) is 6.29. The minimum atomic E-state index is -0.911. The van der Waals surface area contributed by atoms with Gasteiger partial charge in [-0.15, -0.1) is 0 Å². The second-order valence-electron chi connectivity index (χ2n) is 4.47. The molecule has 0 aliphatic rings. The SMILES string of the molecule is Cc1c(Cl)cccc1NC(=O)c1ccn(CCC(=O)O)n1. The largest absolute Gasteiger partial charge is 0.481 e. The van der Waals surface area contributed by atoms with Crippen molar-refractivity contribution < 1.29 is 14.7 Å². The molecule has 0 fully saturated rings. The Kier molecular flexibility index (Phi) is 4.59. The smallest absolute Gasteiger partial charge is 0.305 e. The van der Waals surface area contributed by atoms with E-state index in [0.717, 1.165) is 5.56 Å². The number of nitrogens with one attached hydrogen (secondary N) is 1. The Morgan fingerprint density at radius 1 is 1.38 bits per heavy atom. The number of aryl methyl sites for hydroxylation is 1. The summed E-state index contributed by atoms with van der Waals surface area (Å²) < 4.78 is 1.42. The lowest BCUT2D eigenvalue weighted by Crippen LogP contribution is -2.14. The zero-order valence-corrected chi connectivity index (χ0v) is 12.1. The van der Waals surface area contributed by atoms with Gasteiger partial charge in [0.1, 0.15) is 0 Å². The lowest BCUT2D eigenvalue weighted by Gasteiger charge is -2.08. The number of carboxylic acid groups (broad SMARTS) is 1. The maximum atomic E-state index is 12.1. The van der Waals surface area contributed by atoms with E-state index in [2.05, 4.69) is 10.4 Å². The molecule has 0 saturated heterocycles. The normalized spacial score (nSPS) is 10.4. The number of aromatic nitrogens is 2. The minimum Gasteiger partial charge on any atom is -0.481 e. The first kappa shape index (κ1) is 15.1. The Morgan fingerprint density at radius 3 is 2.86 bits per heavy atom. The fourth-order valence-corrected chi connectivity index (χ4v) is 1.92. The average Bonchev–Trinajstić information content (AvgIpc) is 2.90. The minimum absolute atomic E-state index is 0.0455. The summed E-state index contributed by atoms with van der Waals surface area (Å²) in [5.41, 5.74) is 1.62. The van der Waals surface area contributed by atoms with Crippen LogP contribution in [0.15, 0.2) is 30.5 Å². The second kappa shape index (κ2) is 6.41. The molecule has 2 N–H and O–H groups in total. The van der Waals surface area contributed by atoms with Gasteiger partial charge in [0.15, 0.2) is 5.69 Å². The summed E-state index contributed by atoms with van der Waals surface area (Å²) in [6.45, 7) is 2.03. The highest BCUT2D eigenvalue weighted by atomic mass is 35.5. The van der Waals surface area contributed by atoms with Gasteiger partial charge in [0.2, 0.25) is 0 Å². The molecule has 2 rings (SSSR count). The van der Waals surface area contributed by atoms with Crippen molar-refractivity contribution in [1.82, 2.24) is 9.78 Å². The van der Waals surface area contributed by atoms with Crippen LogP contribution in [0, 0.1) is 6.92 Å². The quantitative estimate of drug-likeness (QED) is 0.889. The first-order valence-corrected chi connectivity index (χ1v) is 6.67. The van der Waals surface area contributed by atoms with Crippen LogP contribution in [-0.4, -0.2) is 26.8 Å². The number of hydrogen-bond donors (Lipinski definition) is 2. The zero-order chi connectivity index (χ0) is 15.4. The molecule has 0 aliphatic carbocycles. The Hall–Kier alpha value is -2.34. The number of hydrogen-bond acceptors (Lipinski definition) is 3. The number of rotatable bonds is 5. The number of amides is 1. The van der Waals surface area contributed by atoms with Crippen LogP contribution in [0.3, 0.4) is 0 Å². The highest BCUT2D eigenvalue weighted by Gasteiger charge is 2.12. The van der Waals surface area contributed by atoms with Crippen LogP contribution in [0.5, 0.6) is 0 Å². The summed E-state index contributed by atoms with van der Waals surface area (Å²) in [7, 11) is 0. The highest BCUT2D eigenvalue weighted by molar-refractivity contribution is 6.31. The number of aliphatic carboxylic acids is 1. The lowest BCUT2D eigenvalue weighted by atomic mass is 10.2. The number of anilines is 1. The van der Waals surface area contributed by atoms with Gasteiger partial charge in [0.05, 0.1) is 13.0 Å². The molecular formula is C14H14ClN3O3. The summed E-state index contributed by atoms with van der Waals surface area (Å²) >= 11 is 5.99. The molecule has 0 saturated carbocycles. The summed E-state index contributed by atoms with van der Waals surface area (Å²) in [6.07, 6.45) is 1.53. The van der Waals surface area contributed by atoms with Gasteiger partial charge >= 0.3 is 5.97 Å². The van der Waals surface area contributed by atoms with E-state index in [-0.39, 0.29) is 24.6 Å². The third-order valence-corrected chi connectivity index (χ3v) is 3.35. The standard InChI is InChI=1S/C14H14ClN3O3/c1-9-10(15)3-2-4-11(9)16-14(21)12-5-7-18(17-12)8-6-13(19)20/h2-5,7H,6,8H2,1H3,(H,16,21)(H,19,20). The van der Waals surface area contributed by atoms with Crippen LogP contribution in [0.1, 0.15) is 22.5 Å². The van der Waals surface area contributed by atoms with Gasteiger partial charge in [-0.05, 0) is 30.7 Å². The molecule has 0 unspecified atom stereocenters. The van der Waals surface area contributed by atoms with Gasteiger partial charge in [-0.3, -0.25) is 14.3 Å². The van der Waals surface area contributed by atoms with Crippen molar-refractivity contribution in [3.05, 3.63) is 46.7 Å². The topological polar surface area (TPSA) is 84.2 Å². The van der Waals surface area contributed by atoms with E-state index in [9.17, 15) is 9.59 Å². The van der Waals surface area contributed by atoms with Crippen LogP contribution in [0.25, 0.3) is 0 Å². The van der Waals surface area contributed by atoms with Crippen LogP contribution in [-0.2, 0) is 11.3 Å². The van der Waals surface area contributed by atoms with Crippen LogP contribution in [0.2, 0.25) is 5.02 Å². The molecule has 21 heavy (non-hydrogen) atoms. The molecule has 6 nitrogen and oxygen atoms in total. The number of carboxylic acids is 1. The fraction of sp³-hybridized carbons (Fsp3) is 0.214. The first-order chi connectivity index (χ1) is 9.97. The van der Waals surface area contributed by atoms with Gasteiger partial charge in [-0.1, -0.05) is 17.7 Å². The maximum absolute atomic E-state index is 12.1. The molecule has 7 heteroatoms. The second-order valence-corrected chi connectivity index (χ2v) is 4.88. The molecule has 1 amide bonds. The van der Waals surface area contributed by atoms with Crippen LogP contribution < -0.4 is 5.32 Å². The van der Waals surface area contributed by atoms with Crippen molar-refractivity contribution in [1.29, 1.82) is 0 Å². The van der Waals surface area contributed by atoms with Crippen molar-refractivity contribution in [2.24, 2.45) is 0 Å². The summed E-state index contributed by atoms with van der Waals surface area (Å²) in [5, 5.41) is 15.9. The number of halogens is 1. The molecule has 2 aromatic rings. The van der Waals surface area contributed by atoms with Gasteiger partial charge in [0.25, 0.3) is 5.91 Å². The van der Waals surface area contributed by atoms with Gasteiger partial charge < -0.3 is 10.4 Å². The van der Waals surface area contributed by atoms with Crippen molar-refractivity contribution in [3.63, 3.8) is 0 Å². The van der Waals surface area contributed by atoms with E-state index in [1.165, 1.54) is 10.7 Å². The zero-order valence-electron chi connectivity index (χ0n) is 11.3. The predicted octanol–water partition coefficient (Wildman–Crippen LogP) is 2.57. The Labute approximate surface area is 126 Å². The number of benzene rings is 1. The van der Waals surface area contributed by atoms with Crippen molar-refractivity contribution in [2.45, 2.75) is 19.9 Å². The molecular weight excluding hydrogens is 294 g/mol. The maximum Gasteiger partial charge on any atom is 0.305 e. The third-order valence-electron chi connectivity index (χ3n) is 2.94. The summed E-state index contributed by atoms with van der Waals surface area (Å²) in [4.78, 5) is 22.6. The van der Waals surface area contributed by atoms with Crippen molar-refractivity contribution in [2.75, 3.05) is 5.32 Å². The fourth-order valence-electron chi connectivity index (χ4n) is 1.75. The van der Waals surface area contributed by atoms with E-state index in [4.69, 9.17) is 16.7 Å². The molecule has 0 spiro atoms. The van der Waals surface area contributed by atoms with Crippen LogP contribution >= 0.6 is 11.6 Å². The van der Waals surface area contributed by atoms with E-state index in [1.54, 1.807) is 24.4 Å². The molecule has 1 heterocycles. The molecule has 0 atom stereocenters. The summed E-state index contributed by atoms with van der Waals surface area (Å²) in [5.74, 6) is -1.28. The van der Waals surface area contributed by atoms with E-state index in [0.29, 0.717) is 10.7 Å². The van der Waals surface area contributed by atoms with E-state index < -0.39 is 5.97 Å². The molecule has 0 aliphatic heterocycles. The number of carbonyl (C=O) groups excluding carboxylic acids is 1. The molecule has 110 valence electrons. The third kappa shape index (κ3) is 3.82. The predicted molar refractivity (Wildman–Crippen MR) is 78.6 cm³/mol. The van der Waals surface area contributed by atoms with E-state index in [1.807, 2.05) is 6.92 Å². The number of carbonyl (C=O) groups is 2. The highest BCUT2D eigenvalue weighted by Crippen LogP contribution is 2.23.